The fourth-order valence-corrected chi connectivity index (χ4v) is 3.38. The minimum Gasteiger partial charge on any atom is -0.309 e. The summed E-state index contributed by atoms with van der Waals surface area (Å²) in [6.45, 7) is 2.02. The van der Waals surface area contributed by atoms with Crippen LogP contribution < -0.4 is 5.32 Å². The second-order valence-corrected chi connectivity index (χ2v) is 7.13. The van der Waals surface area contributed by atoms with Crippen LogP contribution >= 0.6 is 45.5 Å². The van der Waals surface area contributed by atoms with Gasteiger partial charge in [0, 0.05) is 5.02 Å². The number of hydrogen-bond acceptors (Lipinski definition) is 2. The van der Waals surface area contributed by atoms with Crippen molar-refractivity contribution in [3.63, 3.8) is 0 Å². The molecule has 90 valence electrons. The number of halogens is 2. The van der Waals surface area contributed by atoms with Gasteiger partial charge in [-0.25, -0.2) is 0 Å². The molecule has 1 aromatic heterocycles. The van der Waals surface area contributed by atoms with Crippen LogP contribution in [0.4, 0.5) is 0 Å². The minimum atomic E-state index is 0.216. The van der Waals surface area contributed by atoms with Crippen LogP contribution in [0.15, 0.2) is 29.6 Å². The minimum absolute atomic E-state index is 0.216. The van der Waals surface area contributed by atoms with Gasteiger partial charge in [-0.15, -0.1) is 11.3 Å². The highest BCUT2D eigenvalue weighted by Gasteiger charge is 2.14. The molecule has 2 rings (SSSR count). The summed E-state index contributed by atoms with van der Waals surface area (Å²) in [5.41, 5.74) is 3.62. The molecule has 0 aliphatic heterocycles. The molecule has 0 fully saturated rings. The average Bonchev–Trinajstić information content (AvgIpc) is 2.71. The third kappa shape index (κ3) is 3.02. The molecule has 4 heteroatoms. The molecule has 0 amide bonds. The van der Waals surface area contributed by atoms with E-state index in [1.165, 1.54) is 14.0 Å². The van der Waals surface area contributed by atoms with Crippen LogP contribution in [0.5, 0.6) is 0 Å². The van der Waals surface area contributed by atoms with Gasteiger partial charge in [-0.2, -0.15) is 0 Å². The van der Waals surface area contributed by atoms with Crippen LogP contribution in [-0.4, -0.2) is 7.05 Å². The fourth-order valence-electron chi connectivity index (χ4n) is 1.79. The van der Waals surface area contributed by atoms with Gasteiger partial charge >= 0.3 is 0 Å². The number of hydrogen-bond donors (Lipinski definition) is 1. The number of aryl methyl sites for hydroxylation is 1. The number of benzene rings is 1. The first-order valence-electron chi connectivity index (χ1n) is 5.29. The Morgan fingerprint density at radius 1 is 1.29 bits per heavy atom. The number of thiophene rings is 1. The SMILES string of the molecule is CNC(c1csc(I)c1)c1ccc(C)c(Cl)c1. The smallest absolute Gasteiger partial charge is 0.0656 e. The Kier molecular flexibility index (Phi) is 4.47. The van der Waals surface area contributed by atoms with E-state index < -0.39 is 0 Å². The zero-order valence-corrected chi connectivity index (χ0v) is 13.4. The zero-order chi connectivity index (χ0) is 12.4. The van der Waals surface area contributed by atoms with Crippen LogP contribution in [0.25, 0.3) is 0 Å². The fraction of sp³-hybridized carbons (Fsp3) is 0.231. The molecule has 1 unspecified atom stereocenters. The Balaban J connectivity index is 2.38. The molecule has 1 atom stereocenters. The van der Waals surface area contributed by atoms with E-state index in [9.17, 15) is 0 Å². The second-order valence-electron chi connectivity index (χ2n) is 3.91. The molecule has 0 bridgehead atoms. The van der Waals surface area contributed by atoms with Crippen LogP contribution in [0, 0.1) is 9.81 Å². The maximum Gasteiger partial charge on any atom is 0.0656 e. The van der Waals surface area contributed by atoms with Gasteiger partial charge in [0.1, 0.15) is 0 Å². The van der Waals surface area contributed by atoms with Crippen molar-refractivity contribution in [1.29, 1.82) is 0 Å². The van der Waals surface area contributed by atoms with E-state index in [1.807, 2.05) is 20.0 Å². The van der Waals surface area contributed by atoms with Gasteiger partial charge in [0.15, 0.2) is 0 Å². The molecule has 1 nitrogen and oxygen atoms in total. The van der Waals surface area contributed by atoms with Crippen molar-refractivity contribution in [2.24, 2.45) is 0 Å². The molecule has 0 aliphatic carbocycles. The lowest BCUT2D eigenvalue weighted by atomic mass is 10.0. The van der Waals surface area contributed by atoms with E-state index in [4.69, 9.17) is 11.6 Å². The lowest BCUT2D eigenvalue weighted by molar-refractivity contribution is 0.694. The van der Waals surface area contributed by atoms with Gasteiger partial charge in [0.2, 0.25) is 0 Å². The third-order valence-electron chi connectivity index (χ3n) is 2.74. The van der Waals surface area contributed by atoms with E-state index in [1.54, 1.807) is 11.3 Å². The normalized spacial score (nSPS) is 12.7. The van der Waals surface area contributed by atoms with E-state index in [2.05, 4.69) is 51.5 Å². The summed E-state index contributed by atoms with van der Waals surface area (Å²) in [6.07, 6.45) is 0. The molecule has 0 saturated heterocycles. The highest BCUT2D eigenvalue weighted by molar-refractivity contribution is 14.1. The maximum absolute atomic E-state index is 6.18. The molecule has 17 heavy (non-hydrogen) atoms. The molecule has 1 heterocycles. The van der Waals surface area contributed by atoms with Gasteiger partial charge in [-0.3, -0.25) is 0 Å². The Labute approximate surface area is 124 Å². The topological polar surface area (TPSA) is 12.0 Å². The van der Waals surface area contributed by atoms with Gasteiger partial charge in [0.05, 0.1) is 8.93 Å². The van der Waals surface area contributed by atoms with E-state index in [-0.39, 0.29) is 6.04 Å². The molecule has 1 N–H and O–H groups in total. The van der Waals surface area contributed by atoms with Crippen LogP contribution in [-0.2, 0) is 0 Å². The number of rotatable bonds is 3. The van der Waals surface area contributed by atoms with Crippen molar-refractivity contribution in [2.45, 2.75) is 13.0 Å². The van der Waals surface area contributed by atoms with E-state index in [0.717, 1.165) is 10.6 Å². The molecule has 0 aliphatic rings. The first kappa shape index (κ1) is 13.3. The van der Waals surface area contributed by atoms with Crippen LogP contribution in [0.3, 0.4) is 0 Å². The average molecular weight is 378 g/mol. The molecule has 0 spiro atoms. The number of nitrogens with one attached hydrogen (secondary N) is 1. The third-order valence-corrected chi connectivity index (χ3v) is 4.95. The summed E-state index contributed by atoms with van der Waals surface area (Å²) in [5, 5.41) is 6.36. The van der Waals surface area contributed by atoms with Crippen LogP contribution in [0.1, 0.15) is 22.7 Å². The van der Waals surface area contributed by atoms with Crippen molar-refractivity contribution >= 4 is 45.5 Å². The summed E-state index contributed by atoms with van der Waals surface area (Å²) in [6, 6.07) is 8.67. The highest BCUT2D eigenvalue weighted by atomic mass is 127. The molecule has 1 aromatic carbocycles. The highest BCUT2D eigenvalue weighted by Crippen LogP contribution is 2.29. The van der Waals surface area contributed by atoms with E-state index >= 15 is 0 Å². The predicted octanol–water partition coefficient (Wildman–Crippen LogP) is 4.62. The van der Waals surface area contributed by atoms with Crippen molar-refractivity contribution < 1.29 is 0 Å². The summed E-state index contributed by atoms with van der Waals surface area (Å²) >= 11 is 10.3. The predicted molar refractivity (Wildman–Crippen MR) is 84.1 cm³/mol. The first-order valence-corrected chi connectivity index (χ1v) is 7.62. The zero-order valence-electron chi connectivity index (χ0n) is 9.63. The summed E-state index contributed by atoms with van der Waals surface area (Å²) in [4.78, 5) is 0. The van der Waals surface area contributed by atoms with Gasteiger partial charge < -0.3 is 5.32 Å². The molecule has 0 saturated carbocycles. The lowest BCUT2D eigenvalue weighted by Gasteiger charge is -2.16. The largest absolute Gasteiger partial charge is 0.309 e. The Morgan fingerprint density at radius 3 is 2.59 bits per heavy atom. The Bertz CT molecular complexity index is 524. The maximum atomic E-state index is 6.18. The van der Waals surface area contributed by atoms with Gasteiger partial charge in [0.25, 0.3) is 0 Å². The molecule has 0 radical (unpaired) electrons. The standard InChI is InChI=1S/C13H13ClINS/c1-8-3-4-9(5-11(8)14)13(16-2)10-6-12(15)17-7-10/h3-7,13,16H,1-2H3. The van der Waals surface area contributed by atoms with Gasteiger partial charge in [-0.05, 0) is 70.8 Å². The van der Waals surface area contributed by atoms with Crippen molar-refractivity contribution in [1.82, 2.24) is 5.32 Å². The molecular weight excluding hydrogens is 365 g/mol. The monoisotopic (exact) mass is 377 g/mol. The summed E-state index contributed by atoms with van der Waals surface area (Å²) in [5.74, 6) is 0. The van der Waals surface area contributed by atoms with Crippen LogP contribution in [0.2, 0.25) is 5.02 Å². The quantitative estimate of drug-likeness (QED) is 0.769. The van der Waals surface area contributed by atoms with E-state index in [0.29, 0.717) is 0 Å². The second kappa shape index (κ2) is 5.69. The lowest BCUT2D eigenvalue weighted by Crippen LogP contribution is -2.17. The summed E-state index contributed by atoms with van der Waals surface area (Å²) < 4.78 is 1.30. The molecule has 2 aromatic rings. The Morgan fingerprint density at radius 2 is 2.06 bits per heavy atom. The van der Waals surface area contributed by atoms with Crippen molar-refractivity contribution in [3.05, 3.63) is 54.2 Å². The van der Waals surface area contributed by atoms with Gasteiger partial charge in [-0.1, -0.05) is 23.7 Å². The first-order chi connectivity index (χ1) is 8.11. The molecular formula is C13H13ClINS. The van der Waals surface area contributed by atoms with Crippen molar-refractivity contribution in [3.8, 4) is 0 Å². The Hall–Kier alpha value is -0.100. The summed E-state index contributed by atoms with van der Waals surface area (Å²) in [7, 11) is 1.98. The van der Waals surface area contributed by atoms with Crippen molar-refractivity contribution in [2.75, 3.05) is 7.05 Å².